The van der Waals surface area contributed by atoms with E-state index in [1.165, 1.54) is 16.0 Å². The normalized spacial score (nSPS) is 12.6. The summed E-state index contributed by atoms with van der Waals surface area (Å²) >= 11 is 1.75. The first-order valence-electron chi connectivity index (χ1n) is 5.94. The highest BCUT2D eigenvalue weighted by Gasteiger charge is 2.12. The van der Waals surface area contributed by atoms with Gasteiger partial charge in [-0.3, -0.25) is 4.98 Å². The minimum absolute atomic E-state index is 0.0696. The zero-order valence-corrected chi connectivity index (χ0v) is 11.1. The smallest absolute Gasteiger partial charge is 0.0448 e. The van der Waals surface area contributed by atoms with E-state index in [1.54, 1.807) is 11.3 Å². The van der Waals surface area contributed by atoms with E-state index in [0.717, 1.165) is 18.5 Å². The molecule has 0 fully saturated rings. The summed E-state index contributed by atoms with van der Waals surface area (Å²) in [4.78, 5) is 5.71. The lowest BCUT2D eigenvalue weighted by atomic mass is 10.1. The molecule has 0 spiro atoms. The maximum Gasteiger partial charge on any atom is 0.0448 e. The molecule has 1 atom stereocenters. The Balaban J connectivity index is 2.11. The molecule has 2 N–H and O–H groups in total. The second kappa shape index (κ2) is 5.43. The molecule has 2 heterocycles. The van der Waals surface area contributed by atoms with Crippen LogP contribution < -0.4 is 5.73 Å². The van der Waals surface area contributed by atoms with Crippen LogP contribution in [0.5, 0.6) is 0 Å². The van der Waals surface area contributed by atoms with Crippen LogP contribution in [0.3, 0.4) is 0 Å². The maximum atomic E-state index is 6.26. The Kier molecular flexibility index (Phi) is 3.92. The van der Waals surface area contributed by atoms with Crippen LogP contribution in [0.1, 0.15) is 34.7 Å². The standard InChI is InChI=1S/C14H18N2S/c1-3-11-6-7-17-14(11)13(15)8-12-5-4-10(2)9-16-12/h4-7,9,13H,3,8,15H2,1-2H3. The number of nitrogens with two attached hydrogens (primary N) is 1. The van der Waals surface area contributed by atoms with Crippen molar-refractivity contribution < 1.29 is 0 Å². The maximum absolute atomic E-state index is 6.26. The summed E-state index contributed by atoms with van der Waals surface area (Å²) in [5.74, 6) is 0. The van der Waals surface area contributed by atoms with Gasteiger partial charge < -0.3 is 5.73 Å². The lowest BCUT2D eigenvalue weighted by molar-refractivity contribution is 0.712. The van der Waals surface area contributed by atoms with E-state index in [4.69, 9.17) is 5.73 Å². The molecule has 0 aliphatic heterocycles. The highest BCUT2D eigenvalue weighted by Crippen LogP contribution is 2.25. The molecule has 3 heteroatoms. The van der Waals surface area contributed by atoms with Gasteiger partial charge in [0.1, 0.15) is 0 Å². The topological polar surface area (TPSA) is 38.9 Å². The van der Waals surface area contributed by atoms with Gasteiger partial charge in [-0.05, 0) is 42.0 Å². The molecule has 0 aromatic carbocycles. The van der Waals surface area contributed by atoms with Gasteiger partial charge in [0.25, 0.3) is 0 Å². The number of pyridine rings is 1. The minimum atomic E-state index is 0.0696. The van der Waals surface area contributed by atoms with Gasteiger partial charge >= 0.3 is 0 Å². The van der Waals surface area contributed by atoms with Gasteiger partial charge in [-0.1, -0.05) is 13.0 Å². The summed E-state index contributed by atoms with van der Waals surface area (Å²) in [6, 6.07) is 6.39. The van der Waals surface area contributed by atoms with Gasteiger partial charge in [0.15, 0.2) is 0 Å². The van der Waals surface area contributed by atoms with Crippen LogP contribution >= 0.6 is 11.3 Å². The van der Waals surface area contributed by atoms with E-state index in [-0.39, 0.29) is 6.04 Å². The summed E-state index contributed by atoms with van der Waals surface area (Å²) < 4.78 is 0. The molecule has 17 heavy (non-hydrogen) atoms. The van der Waals surface area contributed by atoms with Crippen LogP contribution in [0, 0.1) is 6.92 Å². The minimum Gasteiger partial charge on any atom is -0.323 e. The van der Waals surface area contributed by atoms with Crippen molar-refractivity contribution in [2.24, 2.45) is 5.73 Å². The Morgan fingerprint density at radius 3 is 2.82 bits per heavy atom. The fourth-order valence-electron chi connectivity index (χ4n) is 1.90. The molecule has 2 rings (SSSR count). The predicted octanol–water partition coefficient (Wildman–Crippen LogP) is 3.26. The van der Waals surface area contributed by atoms with Crippen LogP contribution in [0.15, 0.2) is 29.8 Å². The SMILES string of the molecule is CCc1ccsc1C(N)Cc1ccc(C)cn1. The third kappa shape index (κ3) is 2.93. The summed E-state index contributed by atoms with van der Waals surface area (Å²) in [6.45, 7) is 4.22. The van der Waals surface area contributed by atoms with Crippen LogP contribution in [0.2, 0.25) is 0 Å². The number of aromatic nitrogens is 1. The molecule has 2 nitrogen and oxygen atoms in total. The Labute approximate surface area is 107 Å². The molecular formula is C14H18N2S. The third-order valence-corrected chi connectivity index (χ3v) is 3.99. The number of aryl methyl sites for hydroxylation is 2. The van der Waals surface area contributed by atoms with Crippen molar-refractivity contribution in [3.05, 3.63) is 51.5 Å². The van der Waals surface area contributed by atoms with Gasteiger partial charge in [-0.25, -0.2) is 0 Å². The van der Waals surface area contributed by atoms with Gasteiger partial charge in [0.05, 0.1) is 0 Å². The first kappa shape index (κ1) is 12.3. The van der Waals surface area contributed by atoms with Crippen molar-refractivity contribution in [3.8, 4) is 0 Å². The fourth-order valence-corrected chi connectivity index (χ4v) is 2.90. The summed E-state index contributed by atoms with van der Waals surface area (Å²) in [5, 5.41) is 2.12. The molecule has 0 saturated heterocycles. The van der Waals surface area contributed by atoms with Crippen molar-refractivity contribution in [2.75, 3.05) is 0 Å². The molecule has 2 aromatic heterocycles. The molecular weight excluding hydrogens is 228 g/mol. The van der Waals surface area contributed by atoms with Crippen molar-refractivity contribution in [2.45, 2.75) is 32.7 Å². The van der Waals surface area contributed by atoms with Crippen LogP contribution in [0.4, 0.5) is 0 Å². The first-order chi connectivity index (χ1) is 8.20. The van der Waals surface area contributed by atoms with E-state index >= 15 is 0 Å². The monoisotopic (exact) mass is 246 g/mol. The summed E-state index contributed by atoms with van der Waals surface area (Å²) in [6.07, 6.45) is 3.76. The quantitative estimate of drug-likeness (QED) is 0.899. The van der Waals surface area contributed by atoms with E-state index in [1.807, 2.05) is 13.1 Å². The Morgan fingerprint density at radius 2 is 2.18 bits per heavy atom. The third-order valence-electron chi connectivity index (χ3n) is 2.90. The number of hydrogen-bond acceptors (Lipinski definition) is 3. The zero-order valence-electron chi connectivity index (χ0n) is 10.3. The van der Waals surface area contributed by atoms with E-state index < -0.39 is 0 Å². The molecule has 0 saturated carbocycles. The first-order valence-corrected chi connectivity index (χ1v) is 6.82. The molecule has 1 unspecified atom stereocenters. The van der Waals surface area contributed by atoms with E-state index in [9.17, 15) is 0 Å². The van der Waals surface area contributed by atoms with E-state index in [2.05, 4.69) is 35.5 Å². The molecule has 0 aliphatic rings. The highest BCUT2D eigenvalue weighted by atomic mass is 32.1. The number of hydrogen-bond donors (Lipinski definition) is 1. The van der Waals surface area contributed by atoms with E-state index in [0.29, 0.717) is 0 Å². The van der Waals surface area contributed by atoms with Gasteiger partial charge in [-0.15, -0.1) is 11.3 Å². The van der Waals surface area contributed by atoms with Crippen molar-refractivity contribution >= 4 is 11.3 Å². The van der Waals surface area contributed by atoms with Crippen molar-refractivity contribution in [3.63, 3.8) is 0 Å². The van der Waals surface area contributed by atoms with Crippen molar-refractivity contribution in [1.29, 1.82) is 0 Å². The molecule has 90 valence electrons. The number of rotatable bonds is 4. The lowest BCUT2D eigenvalue weighted by Gasteiger charge is -2.11. The Morgan fingerprint density at radius 1 is 1.35 bits per heavy atom. The van der Waals surface area contributed by atoms with Crippen LogP contribution in [0.25, 0.3) is 0 Å². The van der Waals surface area contributed by atoms with Gasteiger partial charge in [0.2, 0.25) is 0 Å². The average Bonchev–Trinajstić information content (AvgIpc) is 2.80. The van der Waals surface area contributed by atoms with Crippen LogP contribution in [-0.4, -0.2) is 4.98 Å². The molecule has 0 amide bonds. The molecule has 0 radical (unpaired) electrons. The number of thiophene rings is 1. The largest absolute Gasteiger partial charge is 0.323 e. The van der Waals surface area contributed by atoms with Gasteiger partial charge in [0, 0.05) is 29.2 Å². The predicted molar refractivity (Wildman–Crippen MR) is 73.3 cm³/mol. The second-order valence-electron chi connectivity index (χ2n) is 4.30. The Hall–Kier alpha value is -1.19. The Bertz CT molecular complexity index is 473. The molecule has 2 aromatic rings. The second-order valence-corrected chi connectivity index (χ2v) is 5.25. The zero-order chi connectivity index (χ0) is 12.3. The fraction of sp³-hybridized carbons (Fsp3) is 0.357. The summed E-state index contributed by atoms with van der Waals surface area (Å²) in [5.41, 5.74) is 9.88. The highest BCUT2D eigenvalue weighted by molar-refractivity contribution is 7.10. The molecule has 0 bridgehead atoms. The molecule has 0 aliphatic carbocycles. The average molecular weight is 246 g/mol. The lowest BCUT2D eigenvalue weighted by Crippen LogP contribution is -2.14. The van der Waals surface area contributed by atoms with Crippen LogP contribution in [-0.2, 0) is 12.8 Å². The van der Waals surface area contributed by atoms with Gasteiger partial charge in [-0.2, -0.15) is 0 Å². The summed E-state index contributed by atoms with van der Waals surface area (Å²) in [7, 11) is 0. The van der Waals surface area contributed by atoms with Crippen molar-refractivity contribution in [1.82, 2.24) is 4.98 Å². The number of nitrogens with zero attached hydrogens (tertiary/aromatic N) is 1.